The van der Waals surface area contributed by atoms with Crippen LogP contribution in [0.5, 0.6) is 0 Å². The average molecular weight is 253 g/mol. The molecule has 0 spiro atoms. The molecular formula is C12H19N3OS. The van der Waals surface area contributed by atoms with E-state index in [1.54, 1.807) is 11.3 Å². The fourth-order valence-electron chi connectivity index (χ4n) is 2.05. The summed E-state index contributed by atoms with van der Waals surface area (Å²) in [5.41, 5.74) is 0. The molecule has 1 N–H and O–H groups in total. The molecule has 1 saturated heterocycles. The summed E-state index contributed by atoms with van der Waals surface area (Å²) >= 11 is 1.71. The van der Waals surface area contributed by atoms with Gasteiger partial charge in [-0.15, -0.1) is 11.3 Å². The van der Waals surface area contributed by atoms with Crippen LogP contribution in [0, 0.1) is 6.92 Å². The molecule has 1 amide bonds. The average Bonchev–Trinajstić information content (AvgIpc) is 2.95. The lowest BCUT2D eigenvalue weighted by molar-refractivity contribution is -0.131. The van der Waals surface area contributed by atoms with Gasteiger partial charge < -0.3 is 10.2 Å². The first-order chi connectivity index (χ1) is 8.16. The van der Waals surface area contributed by atoms with Crippen LogP contribution in [-0.4, -0.2) is 42.0 Å². The van der Waals surface area contributed by atoms with Gasteiger partial charge in [-0.3, -0.25) is 4.79 Å². The van der Waals surface area contributed by atoms with E-state index in [1.807, 2.05) is 18.1 Å². The zero-order chi connectivity index (χ0) is 12.3. The maximum atomic E-state index is 12.0. The summed E-state index contributed by atoms with van der Waals surface area (Å²) in [6.45, 7) is 3.78. The van der Waals surface area contributed by atoms with Gasteiger partial charge in [0.2, 0.25) is 5.91 Å². The van der Waals surface area contributed by atoms with Gasteiger partial charge in [-0.25, -0.2) is 4.98 Å². The molecule has 1 aliphatic heterocycles. The monoisotopic (exact) mass is 253 g/mol. The molecule has 1 atom stereocenters. The van der Waals surface area contributed by atoms with Gasteiger partial charge in [0.1, 0.15) is 0 Å². The highest BCUT2D eigenvalue weighted by molar-refractivity contribution is 7.11. The Kier molecular flexibility index (Phi) is 4.12. The Balaban J connectivity index is 1.80. The number of thiazole rings is 1. The van der Waals surface area contributed by atoms with E-state index in [9.17, 15) is 4.79 Å². The molecule has 94 valence electrons. The van der Waals surface area contributed by atoms with Gasteiger partial charge in [-0.05, 0) is 26.3 Å². The van der Waals surface area contributed by atoms with E-state index >= 15 is 0 Å². The molecule has 2 rings (SSSR count). The van der Waals surface area contributed by atoms with E-state index in [4.69, 9.17) is 0 Å². The van der Waals surface area contributed by atoms with Crippen LogP contribution in [0.25, 0.3) is 0 Å². The van der Waals surface area contributed by atoms with E-state index in [2.05, 4.69) is 17.2 Å². The molecule has 0 radical (unpaired) electrons. The van der Waals surface area contributed by atoms with E-state index in [-0.39, 0.29) is 11.9 Å². The molecule has 2 heterocycles. The summed E-state index contributed by atoms with van der Waals surface area (Å²) in [7, 11) is 1.88. The largest absolute Gasteiger partial charge is 0.344 e. The number of hydrogen-bond acceptors (Lipinski definition) is 4. The normalized spacial score (nSPS) is 19.5. The lowest BCUT2D eigenvalue weighted by Gasteiger charge is -2.20. The van der Waals surface area contributed by atoms with Crippen LogP contribution in [0.4, 0.5) is 0 Å². The number of rotatable bonds is 4. The van der Waals surface area contributed by atoms with Gasteiger partial charge in [0.15, 0.2) is 0 Å². The Hall–Kier alpha value is -0.940. The second-order valence-corrected chi connectivity index (χ2v) is 5.84. The molecule has 0 saturated carbocycles. The second-order valence-electron chi connectivity index (χ2n) is 4.52. The van der Waals surface area contributed by atoms with Gasteiger partial charge in [0.25, 0.3) is 0 Å². The van der Waals surface area contributed by atoms with E-state index in [1.165, 1.54) is 4.88 Å². The van der Waals surface area contributed by atoms with Gasteiger partial charge in [0.05, 0.1) is 11.0 Å². The Bertz CT molecular complexity index is 385. The fourth-order valence-corrected chi connectivity index (χ4v) is 2.83. The molecule has 1 fully saturated rings. The van der Waals surface area contributed by atoms with Crippen molar-refractivity contribution in [2.45, 2.75) is 32.2 Å². The lowest BCUT2D eigenvalue weighted by atomic mass is 10.2. The van der Waals surface area contributed by atoms with Crippen molar-refractivity contribution in [3.63, 3.8) is 0 Å². The summed E-state index contributed by atoms with van der Waals surface area (Å²) in [5, 5.41) is 4.35. The number of carbonyl (C=O) groups is 1. The molecule has 1 aliphatic rings. The molecule has 1 aromatic rings. The quantitative estimate of drug-likeness (QED) is 0.877. The summed E-state index contributed by atoms with van der Waals surface area (Å²) in [6.07, 6.45) is 4.82. The maximum Gasteiger partial charge on any atom is 0.239 e. The van der Waals surface area contributed by atoms with Crippen molar-refractivity contribution in [1.29, 1.82) is 0 Å². The predicted molar refractivity (Wildman–Crippen MR) is 69.2 cm³/mol. The summed E-state index contributed by atoms with van der Waals surface area (Å²) in [5.74, 6) is 0.218. The van der Waals surface area contributed by atoms with Gasteiger partial charge >= 0.3 is 0 Å². The minimum absolute atomic E-state index is 0.0398. The molecule has 5 heteroatoms. The number of hydrogen-bond donors (Lipinski definition) is 1. The maximum absolute atomic E-state index is 12.0. The van der Waals surface area contributed by atoms with Crippen LogP contribution in [0.1, 0.15) is 22.7 Å². The third kappa shape index (κ3) is 3.26. The van der Waals surface area contributed by atoms with E-state index in [0.717, 1.165) is 37.4 Å². The number of carbonyl (C=O) groups excluding carboxylic acids is 1. The highest BCUT2D eigenvalue weighted by Gasteiger charge is 2.24. The van der Waals surface area contributed by atoms with Crippen molar-refractivity contribution < 1.29 is 4.79 Å². The van der Waals surface area contributed by atoms with Crippen LogP contribution in [0.15, 0.2) is 6.20 Å². The number of aromatic nitrogens is 1. The van der Waals surface area contributed by atoms with Crippen molar-refractivity contribution in [2.75, 3.05) is 20.1 Å². The van der Waals surface area contributed by atoms with E-state index in [0.29, 0.717) is 0 Å². The van der Waals surface area contributed by atoms with Crippen molar-refractivity contribution in [3.05, 3.63) is 16.1 Å². The number of likely N-dealkylation sites (N-methyl/N-ethyl adjacent to an activating group) is 1. The SMILES string of the molecule is Cc1cnc(CCN(C)C(=O)C2CCCN2)s1. The van der Waals surface area contributed by atoms with E-state index < -0.39 is 0 Å². The highest BCUT2D eigenvalue weighted by Crippen LogP contribution is 2.13. The molecule has 0 aliphatic carbocycles. The highest BCUT2D eigenvalue weighted by atomic mass is 32.1. The fraction of sp³-hybridized carbons (Fsp3) is 0.667. The zero-order valence-corrected chi connectivity index (χ0v) is 11.2. The topological polar surface area (TPSA) is 45.2 Å². The molecule has 0 aromatic carbocycles. The summed E-state index contributed by atoms with van der Waals surface area (Å²) < 4.78 is 0. The first-order valence-electron chi connectivity index (χ1n) is 6.06. The number of aryl methyl sites for hydroxylation is 1. The molecule has 17 heavy (non-hydrogen) atoms. The molecular weight excluding hydrogens is 234 g/mol. The van der Waals surface area contributed by atoms with Gasteiger partial charge in [-0.2, -0.15) is 0 Å². The second kappa shape index (κ2) is 5.60. The minimum Gasteiger partial charge on any atom is -0.344 e. The lowest BCUT2D eigenvalue weighted by Crippen LogP contribution is -2.42. The standard InChI is InChI=1S/C12H19N3OS/c1-9-8-14-11(17-9)5-7-15(2)12(16)10-4-3-6-13-10/h8,10,13H,3-7H2,1-2H3. The molecule has 4 nitrogen and oxygen atoms in total. The van der Waals surface area contributed by atoms with Crippen molar-refractivity contribution in [3.8, 4) is 0 Å². The summed E-state index contributed by atoms with van der Waals surface area (Å²) in [6, 6.07) is 0.0398. The van der Waals surface area contributed by atoms with Gasteiger partial charge in [0, 0.05) is 31.1 Å². The Morgan fingerprint density at radius 3 is 3.12 bits per heavy atom. The first-order valence-corrected chi connectivity index (χ1v) is 6.88. The third-order valence-electron chi connectivity index (χ3n) is 3.06. The van der Waals surface area contributed by atoms with Crippen LogP contribution in [0.3, 0.4) is 0 Å². The van der Waals surface area contributed by atoms with Gasteiger partial charge in [-0.1, -0.05) is 0 Å². The minimum atomic E-state index is 0.0398. The van der Waals surface area contributed by atoms with Crippen LogP contribution in [-0.2, 0) is 11.2 Å². The first kappa shape index (κ1) is 12.5. The molecule has 0 bridgehead atoms. The number of nitrogens with zero attached hydrogens (tertiary/aromatic N) is 2. The number of amides is 1. The van der Waals surface area contributed by atoms with Crippen molar-refractivity contribution in [1.82, 2.24) is 15.2 Å². The predicted octanol–water partition coefficient (Wildman–Crippen LogP) is 1.20. The number of nitrogens with one attached hydrogen (secondary N) is 1. The van der Waals surface area contributed by atoms with Crippen molar-refractivity contribution in [2.24, 2.45) is 0 Å². The van der Waals surface area contributed by atoms with Crippen molar-refractivity contribution >= 4 is 17.2 Å². The Labute approximate surface area is 106 Å². The smallest absolute Gasteiger partial charge is 0.239 e. The Morgan fingerprint density at radius 2 is 2.53 bits per heavy atom. The van der Waals surface area contributed by atoms with Crippen LogP contribution in [0.2, 0.25) is 0 Å². The van der Waals surface area contributed by atoms with Crippen LogP contribution < -0.4 is 5.32 Å². The zero-order valence-electron chi connectivity index (χ0n) is 10.4. The molecule has 1 unspecified atom stereocenters. The molecule has 1 aromatic heterocycles. The summed E-state index contributed by atoms with van der Waals surface area (Å²) in [4.78, 5) is 19.4. The third-order valence-corrected chi connectivity index (χ3v) is 4.04. The Morgan fingerprint density at radius 1 is 1.71 bits per heavy atom. The van der Waals surface area contributed by atoms with Crippen LogP contribution >= 0.6 is 11.3 Å².